The molecule has 1 aromatic rings. The lowest BCUT2D eigenvalue weighted by Crippen LogP contribution is -2.57. The summed E-state index contributed by atoms with van der Waals surface area (Å²) in [6.45, 7) is 1.31. The fourth-order valence-electron chi connectivity index (χ4n) is 4.56. The van der Waals surface area contributed by atoms with Gasteiger partial charge in [0.15, 0.2) is 0 Å². The average Bonchev–Trinajstić information content (AvgIpc) is 2.97. The van der Waals surface area contributed by atoms with Crippen molar-refractivity contribution in [3.8, 4) is 5.75 Å². The van der Waals surface area contributed by atoms with Gasteiger partial charge in [-0.3, -0.25) is 0 Å². The second-order valence-corrected chi connectivity index (χ2v) is 7.90. The summed E-state index contributed by atoms with van der Waals surface area (Å²) in [4.78, 5) is 11.0. The fourth-order valence-corrected chi connectivity index (χ4v) is 4.56. The summed E-state index contributed by atoms with van der Waals surface area (Å²) in [6.07, 6.45) is 7.06. The number of nitrogens with two attached hydrogens (primary N) is 1. The van der Waals surface area contributed by atoms with E-state index in [-0.39, 0.29) is 5.92 Å². The summed E-state index contributed by atoms with van der Waals surface area (Å²) in [5.74, 6) is 2.80. The van der Waals surface area contributed by atoms with E-state index >= 15 is 0 Å². The highest BCUT2D eigenvalue weighted by Gasteiger charge is 2.59. The molecule has 2 saturated heterocycles. The Kier molecular flexibility index (Phi) is 4.10. The Bertz CT molecular complexity index is 844. The minimum Gasteiger partial charge on any atom is -0.489 e. The minimum absolute atomic E-state index is 0.104. The van der Waals surface area contributed by atoms with Crippen molar-refractivity contribution in [3.05, 3.63) is 54.0 Å². The molecule has 2 spiro atoms. The Balaban J connectivity index is 1.48. The van der Waals surface area contributed by atoms with Crippen molar-refractivity contribution in [2.75, 3.05) is 20.3 Å². The van der Waals surface area contributed by atoms with Crippen LogP contribution in [0.1, 0.15) is 25.7 Å². The van der Waals surface area contributed by atoms with Crippen LogP contribution in [0.3, 0.4) is 0 Å². The van der Waals surface area contributed by atoms with E-state index in [1.165, 1.54) is 0 Å². The van der Waals surface area contributed by atoms with Crippen molar-refractivity contribution >= 4 is 5.96 Å². The maximum Gasteiger partial charge on any atom is 0.218 e. The number of aliphatic imine (C=N–C) groups is 1. The number of fused-ring (bicyclic) bond motifs is 2. The van der Waals surface area contributed by atoms with E-state index in [1.807, 2.05) is 42.5 Å². The maximum atomic E-state index is 6.50. The summed E-state index contributed by atoms with van der Waals surface area (Å²) < 4.78 is 18.3. The van der Waals surface area contributed by atoms with E-state index in [1.54, 1.807) is 12.1 Å². The van der Waals surface area contributed by atoms with E-state index in [2.05, 4.69) is 0 Å². The third-order valence-electron chi connectivity index (χ3n) is 5.84. The number of nitrogens with zero attached hydrogens (tertiary/aromatic N) is 2. The van der Waals surface area contributed by atoms with E-state index in [0.29, 0.717) is 25.4 Å². The van der Waals surface area contributed by atoms with Crippen LogP contribution in [0.2, 0.25) is 0 Å². The fraction of sp³-hybridized carbons (Fsp3) is 0.476. The predicted molar refractivity (Wildman–Crippen MR) is 103 cm³/mol. The van der Waals surface area contributed by atoms with Crippen molar-refractivity contribution in [2.45, 2.75) is 37.0 Å². The number of hydrogen-bond donors (Lipinski definition) is 1. The van der Waals surface area contributed by atoms with E-state index in [0.717, 1.165) is 36.7 Å². The van der Waals surface area contributed by atoms with Crippen LogP contribution in [0.5, 0.6) is 5.75 Å². The van der Waals surface area contributed by atoms with Gasteiger partial charge in [0.1, 0.15) is 22.9 Å². The second-order valence-electron chi connectivity index (χ2n) is 7.90. The number of allylic oxidation sites excluding steroid dienone is 3. The van der Waals surface area contributed by atoms with Crippen LogP contribution in [-0.4, -0.2) is 42.6 Å². The monoisotopic (exact) mass is 383 g/mol. The number of hydrogen-bond acceptors (Lipinski definition) is 7. The molecule has 7 nitrogen and oxygen atoms in total. The van der Waals surface area contributed by atoms with Crippen LogP contribution in [0, 0.1) is 5.92 Å². The molecule has 0 saturated carbocycles. The molecule has 3 atom stereocenters. The van der Waals surface area contributed by atoms with Crippen molar-refractivity contribution < 1.29 is 19.0 Å². The summed E-state index contributed by atoms with van der Waals surface area (Å²) in [5, 5.41) is 1.55. The Morgan fingerprint density at radius 2 is 2.11 bits per heavy atom. The first kappa shape index (κ1) is 17.6. The first-order valence-corrected chi connectivity index (χ1v) is 9.76. The van der Waals surface area contributed by atoms with E-state index in [9.17, 15) is 0 Å². The molecule has 28 heavy (non-hydrogen) atoms. The Hall–Kier alpha value is -2.51. The molecule has 0 aromatic heterocycles. The average molecular weight is 383 g/mol. The van der Waals surface area contributed by atoms with Gasteiger partial charge in [0.05, 0.1) is 12.5 Å². The van der Waals surface area contributed by atoms with Crippen molar-refractivity contribution in [3.63, 3.8) is 0 Å². The molecule has 0 radical (unpaired) electrons. The lowest BCUT2D eigenvalue weighted by Gasteiger charge is -2.51. The molecular weight excluding hydrogens is 358 g/mol. The molecule has 148 valence electrons. The summed E-state index contributed by atoms with van der Waals surface area (Å²) in [6, 6.07) is 9.76. The molecule has 3 aliphatic heterocycles. The SMILES string of the molecule is CN1OC2(CC3(CCCOC3)OC3=CC=C(Oc4ccccc4)CC32)N=C1N. The van der Waals surface area contributed by atoms with Gasteiger partial charge in [-0.15, -0.1) is 0 Å². The molecule has 2 N–H and O–H groups in total. The smallest absolute Gasteiger partial charge is 0.218 e. The number of hydroxylamine groups is 2. The van der Waals surface area contributed by atoms with E-state index in [4.69, 9.17) is 29.8 Å². The number of rotatable bonds is 2. The zero-order valence-electron chi connectivity index (χ0n) is 16.0. The highest BCUT2D eigenvalue weighted by atomic mass is 16.7. The number of benzene rings is 1. The van der Waals surface area contributed by atoms with Gasteiger partial charge in [0.2, 0.25) is 11.7 Å². The molecule has 1 aromatic carbocycles. The summed E-state index contributed by atoms with van der Waals surface area (Å²) in [5.41, 5.74) is 4.86. The largest absolute Gasteiger partial charge is 0.489 e. The van der Waals surface area contributed by atoms with Gasteiger partial charge < -0.3 is 19.9 Å². The third kappa shape index (κ3) is 2.95. The van der Waals surface area contributed by atoms with Crippen LogP contribution in [0.25, 0.3) is 0 Å². The van der Waals surface area contributed by atoms with Crippen molar-refractivity contribution in [1.29, 1.82) is 0 Å². The summed E-state index contributed by atoms with van der Waals surface area (Å²) >= 11 is 0. The van der Waals surface area contributed by atoms with Crippen LogP contribution < -0.4 is 10.5 Å². The first-order chi connectivity index (χ1) is 13.6. The zero-order chi connectivity index (χ0) is 19.2. The molecule has 7 heteroatoms. The van der Waals surface area contributed by atoms with Crippen LogP contribution >= 0.6 is 0 Å². The minimum atomic E-state index is -0.802. The number of ether oxygens (including phenoxy) is 3. The van der Waals surface area contributed by atoms with Gasteiger partial charge in [0.25, 0.3) is 0 Å². The van der Waals surface area contributed by atoms with Gasteiger partial charge in [-0.1, -0.05) is 18.2 Å². The first-order valence-electron chi connectivity index (χ1n) is 9.76. The second kappa shape index (κ2) is 6.53. The molecule has 1 aliphatic carbocycles. The quantitative estimate of drug-likeness (QED) is 0.846. The molecule has 0 bridgehead atoms. The Morgan fingerprint density at radius 1 is 1.25 bits per heavy atom. The standard InChI is InChI=1S/C21H25N3O4/c1-24-19(22)23-21(28-24)13-20(10-5-11-25-14-20)27-18-9-8-16(12-17(18)21)26-15-6-3-2-4-7-15/h2-4,6-9,17H,5,10-14H2,1H3,(H2,22,23). The highest BCUT2D eigenvalue weighted by Crippen LogP contribution is 2.52. The van der Waals surface area contributed by atoms with Crippen LogP contribution in [0.15, 0.2) is 59.0 Å². The van der Waals surface area contributed by atoms with Crippen LogP contribution in [0.4, 0.5) is 0 Å². The van der Waals surface area contributed by atoms with Gasteiger partial charge in [-0.25, -0.2) is 14.9 Å². The molecule has 3 heterocycles. The zero-order valence-corrected chi connectivity index (χ0v) is 16.0. The molecular formula is C21H25N3O4. The summed E-state index contributed by atoms with van der Waals surface area (Å²) in [7, 11) is 1.79. The van der Waals surface area contributed by atoms with Crippen molar-refractivity contribution in [1.82, 2.24) is 5.06 Å². The Morgan fingerprint density at radius 3 is 2.82 bits per heavy atom. The number of guanidine groups is 1. The topological polar surface area (TPSA) is 78.5 Å². The van der Waals surface area contributed by atoms with Gasteiger partial charge in [0, 0.05) is 26.5 Å². The highest BCUT2D eigenvalue weighted by molar-refractivity contribution is 5.78. The van der Waals surface area contributed by atoms with E-state index < -0.39 is 11.3 Å². The number of para-hydroxylation sites is 1. The normalized spacial score (nSPS) is 34.4. The molecule has 3 unspecified atom stereocenters. The molecule has 0 amide bonds. The lowest BCUT2D eigenvalue weighted by molar-refractivity contribution is -0.255. The molecule has 5 rings (SSSR count). The van der Waals surface area contributed by atoms with Gasteiger partial charge >= 0.3 is 0 Å². The Labute approximate surface area is 164 Å². The van der Waals surface area contributed by atoms with Crippen LogP contribution in [-0.2, 0) is 14.3 Å². The van der Waals surface area contributed by atoms with Gasteiger partial charge in [-0.2, -0.15) is 0 Å². The molecule has 4 aliphatic rings. The van der Waals surface area contributed by atoms with Crippen molar-refractivity contribution in [2.24, 2.45) is 16.6 Å². The predicted octanol–water partition coefficient (Wildman–Crippen LogP) is 2.71. The maximum absolute atomic E-state index is 6.50. The van der Waals surface area contributed by atoms with Gasteiger partial charge in [-0.05, 0) is 37.1 Å². The lowest BCUT2D eigenvalue weighted by atomic mass is 9.75. The molecule has 2 fully saturated rings. The third-order valence-corrected chi connectivity index (χ3v) is 5.84.